The van der Waals surface area contributed by atoms with Gasteiger partial charge in [-0.1, -0.05) is 18.6 Å². The molecule has 0 aliphatic heterocycles. The summed E-state index contributed by atoms with van der Waals surface area (Å²) < 4.78 is 13.4. The van der Waals surface area contributed by atoms with Gasteiger partial charge in [0.15, 0.2) is 0 Å². The van der Waals surface area contributed by atoms with Gasteiger partial charge in [-0.2, -0.15) is 0 Å². The molecular formula is C12H12FN. The van der Waals surface area contributed by atoms with E-state index in [1.807, 2.05) is 6.07 Å². The number of hydrogen-bond acceptors (Lipinski definition) is 0. The van der Waals surface area contributed by atoms with E-state index in [0.29, 0.717) is 11.4 Å². The molecule has 0 unspecified atom stereocenters. The van der Waals surface area contributed by atoms with Crippen molar-refractivity contribution in [3.63, 3.8) is 0 Å². The molecular weight excluding hydrogens is 177 g/mol. The highest BCUT2D eigenvalue weighted by atomic mass is 19.1. The third-order valence-electron chi connectivity index (χ3n) is 3.17. The van der Waals surface area contributed by atoms with Crippen molar-refractivity contribution in [3.8, 4) is 0 Å². The average molecular weight is 189 g/mol. The summed E-state index contributed by atoms with van der Waals surface area (Å²) in [5, 5.41) is 0.993. The van der Waals surface area contributed by atoms with Gasteiger partial charge in [0.2, 0.25) is 0 Å². The molecule has 1 N–H and O–H groups in total. The number of fused-ring (bicyclic) bond motifs is 1. The number of para-hydroxylation sites is 1. The molecule has 2 aromatic rings. The molecule has 2 heteroatoms. The minimum absolute atomic E-state index is 0.145. The molecule has 1 nitrogen and oxygen atoms in total. The number of benzene rings is 1. The minimum Gasteiger partial charge on any atom is -0.356 e. The first-order valence-corrected chi connectivity index (χ1v) is 5.12. The first-order chi connectivity index (χ1) is 6.84. The molecule has 0 radical (unpaired) electrons. The van der Waals surface area contributed by atoms with Gasteiger partial charge >= 0.3 is 0 Å². The Morgan fingerprint density at radius 2 is 2.14 bits per heavy atom. The fourth-order valence-electron chi connectivity index (χ4n) is 2.08. The predicted molar refractivity (Wildman–Crippen MR) is 54.8 cm³/mol. The van der Waals surface area contributed by atoms with Crippen LogP contribution in [0, 0.1) is 5.82 Å². The van der Waals surface area contributed by atoms with E-state index in [4.69, 9.17) is 0 Å². The number of aromatic amines is 1. The van der Waals surface area contributed by atoms with Crippen molar-refractivity contribution in [2.24, 2.45) is 0 Å². The molecule has 0 saturated heterocycles. The van der Waals surface area contributed by atoms with Crippen LogP contribution in [0.3, 0.4) is 0 Å². The van der Waals surface area contributed by atoms with Crippen LogP contribution in [0.1, 0.15) is 30.9 Å². The molecule has 0 atom stereocenters. The lowest BCUT2D eigenvalue weighted by Gasteiger charge is -2.23. The minimum atomic E-state index is -0.145. The smallest absolute Gasteiger partial charge is 0.147 e. The van der Waals surface area contributed by atoms with Gasteiger partial charge in [-0.15, -0.1) is 0 Å². The number of aromatic nitrogens is 1. The highest BCUT2D eigenvalue weighted by Crippen LogP contribution is 2.37. The van der Waals surface area contributed by atoms with Gasteiger partial charge in [0.05, 0.1) is 5.52 Å². The van der Waals surface area contributed by atoms with E-state index in [9.17, 15) is 4.39 Å². The summed E-state index contributed by atoms with van der Waals surface area (Å²) in [6.45, 7) is 0. The Hall–Kier alpha value is -1.31. The Balaban J connectivity index is 2.15. The van der Waals surface area contributed by atoms with Gasteiger partial charge < -0.3 is 4.98 Å². The van der Waals surface area contributed by atoms with Crippen LogP contribution in [0.25, 0.3) is 10.9 Å². The maximum absolute atomic E-state index is 13.4. The number of rotatable bonds is 1. The lowest BCUT2D eigenvalue weighted by Crippen LogP contribution is -2.08. The molecule has 1 saturated carbocycles. The zero-order valence-corrected chi connectivity index (χ0v) is 7.89. The molecule has 1 aliphatic carbocycles. The zero-order valence-electron chi connectivity index (χ0n) is 7.89. The SMILES string of the molecule is Fc1cccc2cc(C3CCC3)[nH]c12. The van der Waals surface area contributed by atoms with E-state index in [1.54, 1.807) is 6.07 Å². The summed E-state index contributed by atoms with van der Waals surface area (Å²) in [6.07, 6.45) is 3.80. The quantitative estimate of drug-likeness (QED) is 0.705. The van der Waals surface area contributed by atoms with E-state index in [1.165, 1.54) is 31.0 Å². The van der Waals surface area contributed by atoms with Gasteiger partial charge in [0.25, 0.3) is 0 Å². The van der Waals surface area contributed by atoms with Crippen LogP contribution >= 0.6 is 0 Å². The third-order valence-corrected chi connectivity index (χ3v) is 3.17. The average Bonchev–Trinajstić information content (AvgIpc) is 2.46. The molecule has 0 spiro atoms. The van der Waals surface area contributed by atoms with Crippen molar-refractivity contribution < 1.29 is 4.39 Å². The highest BCUT2D eigenvalue weighted by molar-refractivity contribution is 5.81. The molecule has 0 amide bonds. The molecule has 0 bridgehead atoms. The van der Waals surface area contributed by atoms with Gasteiger partial charge in [0.1, 0.15) is 5.82 Å². The van der Waals surface area contributed by atoms with Gasteiger partial charge in [0, 0.05) is 11.1 Å². The van der Waals surface area contributed by atoms with Crippen molar-refractivity contribution in [3.05, 3.63) is 35.8 Å². The standard InChI is InChI=1S/C12H12FN/c13-10-6-2-5-9-7-11(14-12(9)10)8-3-1-4-8/h2,5-8,14H,1,3-4H2. The van der Waals surface area contributed by atoms with Crippen molar-refractivity contribution in [2.45, 2.75) is 25.2 Å². The lowest BCUT2D eigenvalue weighted by molar-refractivity contribution is 0.413. The third kappa shape index (κ3) is 1.07. The Bertz CT molecular complexity index is 468. The molecule has 14 heavy (non-hydrogen) atoms. The van der Waals surface area contributed by atoms with E-state index in [-0.39, 0.29) is 5.82 Å². The zero-order chi connectivity index (χ0) is 9.54. The Morgan fingerprint density at radius 1 is 1.29 bits per heavy atom. The summed E-state index contributed by atoms with van der Waals surface area (Å²) in [5.74, 6) is 0.495. The number of nitrogens with one attached hydrogen (secondary N) is 1. The molecule has 1 aliphatic rings. The maximum Gasteiger partial charge on any atom is 0.147 e. The Kier molecular flexibility index (Phi) is 1.63. The van der Waals surface area contributed by atoms with E-state index < -0.39 is 0 Å². The van der Waals surface area contributed by atoms with E-state index >= 15 is 0 Å². The second kappa shape index (κ2) is 2.84. The molecule has 72 valence electrons. The summed E-state index contributed by atoms with van der Waals surface area (Å²) in [5.41, 5.74) is 1.87. The second-order valence-corrected chi connectivity index (χ2v) is 4.06. The van der Waals surface area contributed by atoms with E-state index in [2.05, 4.69) is 11.1 Å². The summed E-state index contributed by atoms with van der Waals surface area (Å²) in [4.78, 5) is 3.19. The lowest BCUT2D eigenvalue weighted by atomic mass is 9.83. The molecule has 1 aromatic heterocycles. The summed E-state index contributed by atoms with van der Waals surface area (Å²) >= 11 is 0. The van der Waals surface area contributed by atoms with E-state index in [0.717, 1.165) is 5.39 Å². The fourth-order valence-corrected chi connectivity index (χ4v) is 2.08. The van der Waals surface area contributed by atoms with Crippen LogP contribution in [-0.4, -0.2) is 4.98 Å². The summed E-state index contributed by atoms with van der Waals surface area (Å²) in [6, 6.07) is 7.30. The second-order valence-electron chi connectivity index (χ2n) is 4.06. The Labute approximate surface area is 81.9 Å². The molecule has 1 heterocycles. The van der Waals surface area contributed by atoms with Crippen LogP contribution in [0.5, 0.6) is 0 Å². The van der Waals surface area contributed by atoms with Crippen molar-refractivity contribution >= 4 is 10.9 Å². The molecule has 1 aromatic carbocycles. The maximum atomic E-state index is 13.4. The first kappa shape index (κ1) is 8.04. The normalized spacial score (nSPS) is 17.2. The van der Waals surface area contributed by atoms with Crippen LogP contribution < -0.4 is 0 Å². The van der Waals surface area contributed by atoms with Crippen LogP contribution in [0.15, 0.2) is 24.3 Å². The van der Waals surface area contributed by atoms with Crippen LogP contribution in [-0.2, 0) is 0 Å². The monoisotopic (exact) mass is 189 g/mol. The molecule has 1 fully saturated rings. The predicted octanol–water partition coefficient (Wildman–Crippen LogP) is 3.57. The van der Waals surface area contributed by atoms with Crippen molar-refractivity contribution in [1.82, 2.24) is 4.98 Å². The Morgan fingerprint density at radius 3 is 2.79 bits per heavy atom. The number of hydrogen-bond donors (Lipinski definition) is 1. The summed E-state index contributed by atoms with van der Waals surface area (Å²) in [7, 11) is 0. The largest absolute Gasteiger partial charge is 0.356 e. The topological polar surface area (TPSA) is 15.8 Å². The fraction of sp³-hybridized carbons (Fsp3) is 0.333. The van der Waals surface area contributed by atoms with Crippen molar-refractivity contribution in [1.29, 1.82) is 0 Å². The number of halogens is 1. The van der Waals surface area contributed by atoms with Crippen LogP contribution in [0.4, 0.5) is 4.39 Å². The highest BCUT2D eigenvalue weighted by Gasteiger charge is 2.21. The van der Waals surface area contributed by atoms with Gasteiger partial charge in [-0.3, -0.25) is 0 Å². The number of H-pyrrole nitrogens is 1. The first-order valence-electron chi connectivity index (χ1n) is 5.12. The van der Waals surface area contributed by atoms with Gasteiger partial charge in [-0.05, 0) is 30.9 Å². The van der Waals surface area contributed by atoms with Gasteiger partial charge in [-0.25, -0.2) is 4.39 Å². The molecule has 3 rings (SSSR count). The van der Waals surface area contributed by atoms with Crippen LogP contribution in [0.2, 0.25) is 0 Å². The van der Waals surface area contributed by atoms with Crippen molar-refractivity contribution in [2.75, 3.05) is 0 Å².